The molecule has 0 fully saturated rings. The van der Waals surface area contributed by atoms with E-state index in [1.54, 1.807) is 5.54 Å². The second-order valence-electron chi connectivity index (χ2n) is 3.25. The van der Waals surface area contributed by atoms with Gasteiger partial charge in [-0.3, -0.25) is 0 Å². The van der Waals surface area contributed by atoms with Gasteiger partial charge in [0.1, 0.15) is 0 Å². The van der Waals surface area contributed by atoms with Crippen LogP contribution in [0.2, 0.25) is 0 Å². The third-order valence-electron chi connectivity index (χ3n) is 1.59. The van der Waals surface area contributed by atoms with E-state index >= 15 is 0 Å². The van der Waals surface area contributed by atoms with Crippen LogP contribution in [0.15, 0.2) is 11.1 Å². The minimum Gasteiger partial charge on any atom is -0.310 e. The zero-order valence-electron chi connectivity index (χ0n) is 7.90. The minimum absolute atomic E-state index is 0.533. The van der Waals surface area contributed by atoms with Gasteiger partial charge in [-0.25, -0.2) is 0 Å². The predicted molar refractivity (Wildman–Crippen MR) is 60.1 cm³/mol. The Morgan fingerprint density at radius 3 is 2.58 bits per heavy atom. The normalized spacial score (nSPS) is 17.6. The molecule has 0 aromatic carbocycles. The first-order valence-corrected chi connectivity index (χ1v) is 5.54. The molecule has 0 aromatic rings. The van der Waals surface area contributed by atoms with Crippen LogP contribution in [0.5, 0.6) is 0 Å². The lowest BCUT2D eigenvalue weighted by atomic mass is 10.2. The lowest BCUT2D eigenvalue weighted by Crippen LogP contribution is -2.29. The van der Waals surface area contributed by atoms with Gasteiger partial charge in [0.25, 0.3) is 0 Å². The molecule has 0 heterocycles. The Bertz CT molecular complexity index is 145. The van der Waals surface area contributed by atoms with Crippen LogP contribution in [0.1, 0.15) is 27.2 Å². The van der Waals surface area contributed by atoms with E-state index in [4.69, 9.17) is 11.6 Å². The highest BCUT2D eigenvalue weighted by Crippen LogP contribution is 2.06. The third kappa shape index (κ3) is 7.14. The predicted octanol–water partition coefficient (Wildman–Crippen LogP) is 3.28. The average Bonchev–Trinajstić information content (AvgIpc) is 1.99. The Morgan fingerprint density at radius 2 is 2.17 bits per heavy atom. The van der Waals surface area contributed by atoms with Gasteiger partial charge < -0.3 is 5.32 Å². The Balaban J connectivity index is 3.50. The maximum Gasteiger partial charge on any atom is 0.0176 e. The van der Waals surface area contributed by atoms with Gasteiger partial charge in [-0.1, -0.05) is 34.5 Å². The van der Waals surface area contributed by atoms with E-state index in [-0.39, 0.29) is 0 Å². The SMILES string of the molecule is CC(=CCl)CNC(C)CC(C)Br. The second-order valence-corrected chi connectivity index (χ2v) is 5.04. The van der Waals surface area contributed by atoms with E-state index in [1.165, 1.54) is 5.57 Å². The van der Waals surface area contributed by atoms with Crippen molar-refractivity contribution in [3.05, 3.63) is 11.1 Å². The van der Waals surface area contributed by atoms with Crippen molar-refractivity contribution in [1.29, 1.82) is 0 Å². The summed E-state index contributed by atoms with van der Waals surface area (Å²) in [4.78, 5) is 0.570. The van der Waals surface area contributed by atoms with Gasteiger partial charge in [-0.05, 0) is 25.8 Å². The van der Waals surface area contributed by atoms with Crippen molar-refractivity contribution in [3.63, 3.8) is 0 Å². The van der Waals surface area contributed by atoms with Crippen LogP contribution >= 0.6 is 27.5 Å². The zero-order chi connectivity index (χ0) is 9.56. The zero-order valence-corrected chi connectivity index (χ0v) is 10.2. The number of halogens is 2. The molecule has 72 valence electrons. The van der Waals surface area contributed by atoms with Crippen molar-refractivity contribution in [1.82, 2.24) is 5.32 Å². The number of hydrogen-bond donors (Lipinski definition) is 1. The van der Waals surface area contributed by atoms with Crippen molar-refractivity contribution in [2.75, 3.05) is 6.54 Å². The van der Waals surface area contributed by atoms with E-state index in [0.717, 1.165) is 13.0 Å². The standard InChI is InChI=1S/C9H17BrClN/c1-7(5-11)6-12-9(3)4-8(2)10/h5,8-9,12H,4,6H2,1-3H3. The van der Waals surface area contributed by atoms with Crippen LogP contribution in [0.4, 0.5) is 0 Å². The highest BCUT2D eigenvalue weighted by Gasteiger charge is 2.04. The van der Waals surface area contributed by atoms with E-state index in [2.05, 4.69) is 35.1 Å². The van der Waals surface area contributed by atoms with Crippen LogP contribution in [-0.2, 0) is 0 Å². The molecular formula is C9H17BrClN. The molecule has 12 heavy (non-hydrogen) atoms. The first kappa shape index (κ1) is 12.5. The number of rotatable bonds is 5. The summed E-state index contributed by atoms with van der Waals surface area (Å²) in [5.74, 6) is 0. The number of hydrogen-bond acceptors (Lipinski definition) is 1. The lowest BCUT2D eigenvalue weighted by Gasteiger charge is -2.14. The summed E-state index contributed by atoms with van der Waals surface area (Å²) in [5, 5.41) is 3.38. The Hall–Kier alpha value is 0.470. The molecule has 2 atom stereocenters. The fraction of sp³-hybridized carbons (Fsp3) is 0.778. The Kier molecular flexibility index (Phi) is 7.20. The molecule has 0 aliphatic heterocycles. The van der Waals surface area contributed by atoms with Crippen molar-refractivity contribution in [2.45, 2.75) is 38.1 Å². The lowest BCUT2D eigenvalue weighted by molar-refractivity contribution is 0.538. The van der Waals surface area contributed by atoms with Crippen molar-refractivity contribution >= 4 is 27.5 Å². The number of nitrogens with one attached hydrogen (secondary N) is 1. The topological polar surface area (TPSA) is 12.0 Å². The minimum atomic E-state index is 0.533. The van der Waals surface area contributed by atoms with Crippen LogP contribution in [0.25, 0.3) is 0 Å². The van der Waals surface area contributed by atoms with Crippen molar-refractivity contribution in [3.8, 4) is 0 Å². The molecular weight excluding hydrogens is 237 g/mol. The van der Waals surface area contributed by atoms with Gasteiger partial charge in [0.15, 0.2) is 0 Å². The highest BCUT2D eigenvalue weighted by molar-refractivity contribution is 9.09. The number of alkyl halides is 1. The molecule has 1 nitrogen and oxygen atoms in total. The molecule has 0 aromatic heterocycles. The summed E-state index contributed by atoms with van der Waals surface area (Å²) >= 11 is 9.05. The summed E-state index contributed by atoms with van der Waals surface area (Å²) in [6.45, 7) is 7.23. The fourth-order valence-corrected chi connectivity index (χ4v) is 1.58. The summed E-state index contributed by atoms with van der Waals surface area (Å²) in [6, 6.07) is 0.533. The van der Waals surface area contributed by atoms with E-state index in [0.29, 0.717) is 10.9 Å². The van der Waals surface area contributed by atoms with Crippen LogP contribution < -0.4 is 5.32 Å². The van der Waals surface area contributed by atoms with Gasteiger partial charge in [-0.15, -0.1) is 0 Å². The van der Waals surface area contributed by atoms with E-state index in [9.17, 15) is 0 Å². The molecule has 0 aliphatic carbocycles. The monoisotopic (exact) mass is 253 g/mol. The molecule has 0 bridgehead atoms. The summed E-state index contributed by atoms with van der Waals surface area (Å²) in [5.41, 5.74) is 2.79. The summed E-state index contributed by atoms with van der Waals surface area (Å²) < 4.78 is 0. The summed E-state index contributed by atoms with van der Waals surface area (Å²) in [7, 11) is 0. The van der Waals surface area contributed by atoms with E-state index in [1.807, 2.05) is 6.92 Å². The van der Waals surface area contributed by atoms with Crippen molar-refractivity contribution < 1.29 is 0 Å². The van der Waals surface area contributed by atoms with Crippen LogP contribution in [-0.4, -0.2) is 17.4 Å². The molecule has 0 aliphatic rings. The third-order valence-corrected chi connectivity index (χ3v) is 2.34. The van der Waals surface area contributed by atoms with E-state index < -0.39 is 0 Å². The Morgan fingerprint density at radius 1 is 1.58 bits per heavy atom. The first-order chi connectivity index (χ1) is 5.56. The van der Waals surface area contributed by atoms with Gasteiger partial charge in [0.2, 0.25) is 0 Å². The van der Waals surface area contributed by atoms with Gasteiger partial charge in [0, 0.05) is 22.9 Å². The molecule has 3 heteroatoms. The average molecular weight is 255 g/mol. The van der Waals surface area contributed by atoms with Gasteiger partial charge in [0.05, 0.1) is 0 Å². The molecule has 0 radical (unpaired) electrons. The van der Waals surface area contributed by atoms with Crippen LogP contribution in [0.3, 0.4) is 0 Å². The second kappa shape index (κ2) is 6.93. The highest BCUT2D eigenvalue weighted by atomic mass is 79.9. The largest absolute Gasteiger partial charge is 0.310 e. The molecule has 0 spiro atoms. The molecule has 0 saturated heterocycles. The van der Waals surface area contributed by atoms with Crippen LogP contribution in [0, 0.1) is 0 Å². The molecule has 2 unspecified atom stereocenters. The maximum absolute atomic E-state index is 5.53. The quantitative estimate of drug-likeness (QED) is 0.743. The van der Waals surface area contributed by atoms with Gasteiger partial charge >= 0.3 is 0 Å². The van der Waals surface area contributed by atoms with Crippen molar-refractivity contribution in [2.24, 2.45) is 0 Å². The smallest absolute Gasteiger partial charge is 0.0176 e. The Labute approximate surface area is 88.7 Å². The fourth-order valence-electron chi connectivity index (χ4n) is 0.944. The molecule has 1 N–H and O–H groups in total. The molecule has 0 rings (SSSR count). The molecule has 0 saturated carbocycles. The molecule has 0 amide bonds. The summed E-state index contributed by atoms with van der Waals surface area (Å²) in [6.07, 6.45) is 1.13. The first-order valence-electron chi connectivity index (χ1n) is 4.19. The van der Waals surface area contributed by atoms with Gasteiger partial charge in [-0.2, -0.15) is 0 Å². The maximum atomic E-state index is 5.53.